The van der Waals surface area contributed by atoms with Crippen molar-refractivity contribution in [1.29, 1.82) is 0 Å². The number of hydrogen-bond donors (Lipinski definition) is 2. The molecule has 0 radical (unpaired) electrons. The van der Waals surface area contributed by atoms with Gasteiger partial charge in [-0.3, -0.25) is 25.4 Å². The highest BCUT2D eigenvalue weighted by molar-refractivity contribution is 6.01. The van der Waals surface area contributed by atoms with E-state index in [-0.39, 0.29) is 0 Å². The normalized spacial score (nSPS) is 10.5. The minimum atomic E-state index is -0.509. The van der Waals surface area contributed by atoms with Crippen LogP contribution < -0.4 is 15.6 Å². The van der Waals surface area contributed by atoms with Gasteiger partial charge in [-0.15, -0.1) is 0 Å². The average molecular weight is 367 g/mol. The lowest BCUT2D eigenvalue weighted by atomic mass is 10.1. The molecule has 0 aliphatic rings. The molecule has 138 valence electrons. The van der Waals surface area contributed by atoms with E-state index in [0.29, 0.717) is 40.1 Å². The first-order valence-electron chi connectivity index (χ1n) is 8.38. The SMILES string of the molecule is CCOc1ccc(C(=O)NNC(=O)c2cc3ccc(F)cc3nc2C)cc1. The van der Waals surface area contributed by atoms with Crippen LogP contribution in [0.25, 0.3) is 10.9 Å². The van der Waals surface area contributed by atoms with E-state index in [1.54, 1.807) is 43.3 Å². The van der Waals surface area contributed by atoms with E-state index < -0.39 is 17.6 Å². The van der Waals surface area contributed by atoms with Crippen molar-refractivity contribution in [1.82, 2.24) is 15.8 Å². The standard InChI is InChI=1S/C20H18FN3O3/c1-3-27-16-8-5-13(6-9-16)19(25)23-24-20(26)17-10-14-4-7-15(21)11-18(14)22-12(17)2/h4-11H,3H2,1-2H3,(H,23,25)(H,24,26). The molecule has 0 fully saturated rings. The quantitative estimate of drug-likeness (QED) is 0.694. The van der Waals surface area contributed by atoms with Gasteiger partial charge in [0, 0.05) is 17.0 Å². The number of halogens is 1. The molecule has 0 atom stereocenters. The molecule has 1 heterocycles. The fourth-order valence-electron chi connectivity index (χ4n) is 2.59. The number of fused-ring (bicyclic) bond motifs is 1. The van der Waals surface area contributed by atoms with E-state index in [1.807, 2.05) is 6.92 Å². The van der Waals surface area contributed by atoms with Crippen LogP contribution in [0.4, 0.5) is 4.39 Å². The van der Waals surface area contributed by atoms with Gasteiger partial charge in [0.1, 0.15) is 11.6 Å². The molecule has 7 heteroatoms. The first-order chi connectivity index (χ1) is 13.0. The van der Waals surface area contributed by atoms with Crippen LogP contribution in [0.3, 0.4) is 0 Å². The molecule has 2 amide bonds. The summed E-state index contributed by atoms with van der Waals surface area (Å²) in [7, 11) is 0. The van der Waals surface area contributed by atoms with Gasteiger partial charge in [-0.1, -0.05) is 0 Å². The number of pyridine rings is 1. The lowest BCUT2D eigenvalue weighted by Gasteiger charge is -2.10. The van der Waals surface area contributed by atoms with Gasteiger partial charge in [-0.25, -0.2) is 4.39 Å². The van der Waals surface area contributed by atoms with Crippen molar-refractivity contribution < 1.29 is 18.7 Å². The van der Waals surface area contributed by atoms with Gasteiger partial charge in [0.15, 0.2) is 0 Å². The van der Waals surface area contributed by atoms with Gasteiger partial charge in [0.2, 0.25) is 0 Å². The Labute approximate surface area is 155 Å². The zero-order valence-electron chi connectivity index (χ0n) is 14.9. The summed E-state index contributed by atoms with van der Waals surface area (Å²) >= 11 is 0. The summed E-state index contributed by atoms with van der Waals surface area (Å²) in [5.74, 6) is -0.702. The summed E-state index contributed by atoms with van der Waals surface area (Å²) in [6, 6.07) is 12.3. The number of ether oxygens (including phenoxy) is 1. The van der Waals surface area contributed by atoms with Crippen LogP contribution in [-0.4, -0.2) is 23.4 Å². The van der Waals surface area contributed by atoms with Crippen LogP contribution in [0.15, 0.2) is 48.5 Å². The Morgan fingerprint density at radius 2 is 1.74 bits per heavy atom. The summed E-state index contributed by atoms with van der Waals surface area (Å²) in [5.41, 5.74) is 6.30. The smallest absolute Gasteiger partial charge is 0.271 e. The molecule has 0 spiro atoms. The zero-order valence-corrected chi connectivity index (χ0v) is 14.9. The number of carbonyl (C=O) groups is 2. The second-order valence-electron chi connectivity index (χ2n) is 5.82. The summed E-state index contributed by atoms with van der Waals surface area (Å²) in [5, 5.41) is 0.630. The molecule has 0 saturated carbocycles. The zero-order chi connectivity index (χ0) is 19.4. The maximum Gasteiger partial charge on any atom is 0.271 e. The summed E-state index contributed by atoms with van der Waals surface area (Å²) in [6.45, 7) is 4.05. The molecule has 0 aliphatic carbocycles. The van der Waals surface area contributed by atoms with Gasteiger partial charge in [0.25, 0.3) is 11.8 Å². The molecular weight excluding hydrogens is 349 g/mol. The fourth-order valence-corrected chi connectivity index (χ4v) is 2.59. The van der Waals surface area contributed by atoms with E-state index in [0.717, 1.165) is 0 Å². The van der Waals surface area contributed by atoms with Crippen LogP contribution in [0.1, 0.15) is 33.3 Å². The number of rotatable bonds is 4. The number of amides is 2. The topological polar surface area (TPSA) is 80.3 Å². The number of aromatic nitrogens is 1. The van der Waals surface area contributed by atoms with E-state index >= 15 is 0 Å². The number of nitrogens with one attached hydrogen (secondary N) is 2. The summed E-state index contributed by atoms with van der Waals surface area (Å²) in [6.07, 6.45) is 0. The molecule has 0 bridgehead atoms. The third-order valence-corrected chi connectivity index (χ3v) is 3.93. The molecule has 2 N–H and O–H groups in total. The second kappa shape index (κ2) is 7.82. The largest absolute Gasteiger partial charge is 0.494 e. The minimum Gasteiger partial charge on any atom is -0.494 e. The van der Waals surface area contributed by atoms with Crippen LogP contribution in [0.5, 0.6) is 5.75 Å². The maximum absolute atomic E-state index is 13.3. The molecule has 3 aromatic rings. The maximum atomic E-state index is 13.3. The monoisotopic (exact) mass is 367 g/mol. The summed E-state index contributed by atoms with van der Waals surface area (Å²) < 4.78 is 18.6. The molecule has 3 rings (SSSR count). The Balaban J connectivity index is 1.70. The van der Waals surface area contributed by atoms with Crippen molar-refractivity contribution in [3.63, 3.8) is 0 Å². The first-order valence-corrected chi connectivity index (χ1v) is 8.38. The average Bonchev–Trinajstić information content (AvgIpc) is 2.66. The number of benzene rings is 2. The number of hydrogen-bond acceptors (Lipinski definition) is 4. The third-order valence-electron chi connectivity index (χ3n) is 3.93. The molecular formula is C20H18FN3O3. The molecule has 27 heavy (non-hydrogen) atoms. The predicted molar refractivity (Wildman–Crippen MR) is 99.0 cm³/mol. The van der Waals surface area contributed by atoms with Crippen molar-refractivity contribution in [2.45, 2.75) is 13.8 Å². The molecule has 0 aliphatic heterocycles. The Morgan fingerprint density at radius 3 is 2.44 bits per heavy atom. The van der Waals surface area contributed by atoms with E-state index in [9.17, 15) is 14.0 Å². The first kappa shape index (κ1) is 18.3. The minimum absolute atomic E-state index is 0.293. The molecule has 2 aromatic carbocycles. The van der Waals surface area contributed by atoms with Crippen molar-refractivity contribution in [3.05, 3.63) is 71.2 Å². The number of aryl methyl sites for hydroxylation is 1. The van der Waals surface area contributed by atoms with Crippen LogP contribution in [0, 0.1) is 12.7 Å². The molecule has 1 aromatic heterocycles. The van der Waals surface area contributed by atoms with Crippen LogP contribution in [0.2, 0.25) is 0 Å². The fraction of sp³-hybridized carbons (Fsp3) is 0.150. The number of nitrogens with zero attached hydrogens (tertiary/aromatic N) is 1. The van der Waals surface area contributed by atoms with E-state index in [1.165, 1.54) is 12.1 Å². The molecule has 0 unspecified atom stereocenters. The Kier molecular flexibility index (Phi) is 5.30. The van der Waals surface area contributed by atoms with Crippen LogP contribution >= 0.6 is 0 Å². The molecule has 6 nitrogen and oxygen atoms in total. The Morgan fingerprint density at radius 1 is 1.04 bits per heavy atom. The third kappa shape index (κ3) is 4.20. The van der Waals surface area contributed by atoms with E-state index in [2.05, 4.69) is 15.8 Å². The highest BCUT2D eigenvalue weighted by atomic mass is 19.1. The van der Waals surface area contributed by atoms with Crippen molar-refractivity contribution in [2.24, 2.45) is 0 Å². The van der Waals surface area contributed by atoms with Crippen molar-refractivity contribution in [3.8, 4) is 5.75 Å². The van der Waals surface area contributed by atoms with E-state index in [4.69, 9.17) is 4.74 Å². The van der Waals surface area contributed by atoms with Crippen LogP contribution in [-0.2, 0) is 0 Å². The Hall–Kier alpha value is -3.48. The van der Waals surface area contributed by atoms with Gasteiger partial charge in [0.05, 0.1) is 23.4 Å². The Bertz CT molecular complexity index is 1000. The summed E-state index contributed by atoms with van der Waals surface area (Å²) in [4.78, 5) is 28.8. The molecule has 0 saturated heterocycles. The highest BCUT2D eigenvalue weighted by Crippen LogP contribution is 2.17. The number of hydrazine groups is 1. The highest BCUT2D eigenvalue weighted by Gasteiger charge is 2.14. The lowest BCUT2D eigenvalue weighted by Crippen LogP contribution is -2.41. The van der Waals surface area contributed by atoms with Gasteiger partial charge < -0.3 is 4.74 Å². The number of carbonyl (C=O) groups excluding carboxylic acids is 2. The second-order valence-corrected chi connectivity index (χ2v) is 5.82. The van der Waals surface area contributed by atoms with Crippen molar-refractivity contribution >= 4 is 22.7 Å². The van der Waals surface area contributed by atoms with Gasteiger partial charge in [-0.05, 0) is 56.3 Å². The predicted octanol–water partition coefficient (Wildman–Crippen LogP) is 3.16. The van der Waals surface area contributed by atoms with Gasteiger partial charge in [-0.2, -0.15) is 0 Å². The van der Waals surface area contributed by atoms with Gasteiger partial charge >= 0.3 is 0 Å². The van der Waals surface area contributed by atoms with Crippen molar-refractivity contribution in [2.75, 3.05) is 6.61 Å². The lowest BCUT2D eigenvalue weighted by molar-refractivity contribution is 0.0846.